The third kappa shape index (κ3) is 3.03. The van der Waals surface area contributed by atoms with Gasteiger partial charge in [0.05, 0.1) is 6.10 Å². The SMILES string of the molecule is CCn1cc(S(=O)(=O)NC[C@H](C)O)nc1C. The summed E-state index contributed by atoms with van der Waals surface area (Å²) in [6.45, 7) is 5.83. The third-order valence-corrected chi connectivity index (χ3v) is 3.43. The van der Waals surface area contributed by atoms with Gasteiger partial charge < -0.3 is 9.67 Å². The molecule has 6 nitrogen and oxygen atoms in total. The maximum Gasteiger partial charge on any atom is 0.259 e. The van der Waals surface area contributed by atoms with E-state index in [1.54, 1.807) is 11.5 Å². The summed E-state index contributed by atoms with van der Waals surface area (Å²) in [4.78, 5) is 3.96. The molecule has 1 atom stereocenters. The molecule has 0 unspecified atom stereocenters. The van der Waals surface area contributed by atoms with E-state index >= 15 is 0 Å². The minimum absolute atomic E-state index is 0.00694. The zero-order chi connectivity index (χ0) is 12.3. The molecule has 0 amide bonds. The van der Waals surface area contributed by atoms with Gasteiger partial charge >= 0.3 is 0 Å². The molecule has 1 rings (SSSR count). The molecular weight excluding hydrogens is 230 g/mol. The standard InChI is InChI=1S/C9H17N3O3S/c1-4-12-6-9(11-8(12)3)16(14,15)10-5-7(2)13/h6-7,10,13H,4-5H2,1-3H3/t7-/m0/s1. The van der Waals surface area contributed by atoms with Gasteiger partial charge in [-0.15, -0.1) is 0 Å². The van der Waals surface area contributed by atoms with E-state index in [-0.39, 0.29) is 11.6 Å². The Morgan fingerprint density at radius 3 is 2.69 bits per heavy atom. The number of aromatic nitrogens is 2. The first kappa shape index (κ1) is 13.1. The topological polar surface area (TPSA) is 84.2 Å². The molecule has 1 aromatic heterocycles. The second-order valence-electron chi connectivity index (χ2n) is 3.61. The average Bonchev–Trinajstić information content (AvgIpc) is 2.57. The highest BCUT2D eigenvalue weighted by Gasteiger charge is 2.18. The number of aliphatic hydroxyl groups is 1. The molecule has 0 radical (unpaired) electrons. The smallest absolute Gasteiger partial charge is 0.259 e. The van der Waals surface area contributed by atoms with E-state index < -0.39 is 16.1 Å². The van der Waals surface area contributed by atoms with Crippen molar-refractivity contribution in [3.8, 4) is 0 Å². The summed E-state index contributed by atoms with van der Waals surface area (Å²) in [6, 6.07) is 0. The quantitative estimate of drug-likeness (QED) is 0.759. The number of aryl methyl sites for hydroxylation is 2. The van der Waals surface area contributed by atoms with Crippen LogP contribution in [0.2, 0.25) is 0 Å². The van der Waals surface area contributed by atoms with Crippen molar-refractivity contribution >= 4 is 10.0 Å². The summed E-state index contributed by atoms with van der Waals surface area (Å²) >= 11 is 0. The zero-order valence-corrected chi connectivity index (χ0v) is 10.5. The fourth-order valence-electron chi connectivity index (χ4n) is 1.23. The minimum atomic E-state index is -3.61. The van der Waals surface area contributed by atoms with Crippen LogP contribution in [0, 0.1) is 6.92 Å². The number of imidazole rings is 1. The fraction of sp³-hybridized carbons (Fsp3) is 0.667. The molecule has 0 aromatic carbocycles. The number of sulfonamides is 1. The summed E-state index contributed by atoms with van der Waals surface area (Å²) in [7, 11) is -3.61. The molecule has 0 saturated carbocycles. The van der Waals surface area contributed by atoms with Crippen LogP contribution in [-0.2, 0) is 16.6 Å². The van der Waals surface area contributed by atoms with Gasteiger partial charge in [0.1, 0.15) is 5.82 Å². The van der Waals surface area contributed by atoms with Crippen molar-refractivity contribution in [1.82, 2.24) is 14.3 Å². The maximum atomic E-state index is 11.7. The number of nitrogens with one attached hydrogen (secondary N) is 1. The number of aliphatic hydroxyl groups excluding tert-OH is 1. The second kappa shape index (κ2) is 4.94. The molecule has 7 heteroatoms. The van der Waals surface area contributed by atoms with Gasteiger partial charge in [-0.2, -0.15) is 0 Å². The van der Waals surface area contributed by atoms with Crippen LogP contribution in [0.3, 0.4) is 0 Å². The van der Waals surface area contributed by atoms with E-state index in [1.165, 1.54) is 13.1 Å². The van der Waals surface area contributed by atoms with Crippen molar-refractivity contribution in [2.24, 2.45) is 0 Å². The highest BCUT2D eigenvalue weighted by Crippen LogP contribution is 2.08. The Morgan fingerprint density at radius 1 is 1.62 bits per heavy atom. The molecule has 0 saturated heterocycles. The lowest BCUT2D eigenvalue weighted by Crippen LogP contribution is -2.30. The summed E-state index contributed by atoms with van der Waals surface area (Å²) in [5.74, 6) is 0.653. The molecule has 2 N–H and O–H groups in total. The molecule has 0 aliphatic carbocycles. The van der Waals surface area contributed by atoms with E-state index in [9.17, 15) is 8.42 Å². The van der Waals surface area contributed by atoms with Gasteiger partial charge in [0.15, 0.2) is 5.03 Å². The Morgan fingerprint density at radius 2 is 2.25 bits per heavy atom. The Kier molecular flexibility index (Phi) is 4.06. The second-order valence-corrected chi connectivity index (χ2v) is 5.33. The fourth-order valence-corrected chi connectivity index (χ4v) is 2.36. The first-order valence-electron chi connectivity index (χ1n) is 5.08. The predicted octanol–water partition coefficient (Wildman–Crippen LogP) is -0.129. The first-order chi connectivity index (χ1) is 7.36. The van der Waals surface area contributed by atoms with Crippen molar-refractivity contribution in [3.05, 3.63) is 12.0 Å². The third-order valence-electron chi connectivity index (χ3n) is 2.14. The normalized spacial score (nSPS) is 14.0. The molecule has 0 spiro atoms. The lowest BCUT2D eigenvalue weighted by molar-refractivity contribution is 0.198. The van der Waals surface area contributed by atoms with E-state index in [0.717, 1.165) is 0 Å². The van der Waals surface area contributed by atoms with Crippen LogP contribution in [0.1, 0.15) is 19.7 Å². The van der Waals surface area contributed by atoms with Crippen molar-refractivity contribution in [2.45, 2.75) is 38.4 Å². The van der Waals surface area contributed by atoms with Crippen LogP contribution in [0.5, 0.6) is 0 Å². The van der Waals surface area contributed by atoms with Crippen LogP contribution in [0.25, 0.3) is 0 Å². The van der Waals surface area contributed by atoms with E-state index in [1.807, 2.05) is 6.92 Å². The van der Waals surface area contributed by atoms with Gasteiger partial charge in [0.25, 0.3) is 10.0 Å². The molecule has 0 bridgehead atoms. The van der Waals surface area contributed by atoms with E-state index in [0.29, 0.717) is 12.4 Å². The minimum Gasteiger partial charge on any atom is -0.392 e. The molecule has 0 aliphatic heterocycles. The van der Waals surface area contributed by atoms with Gasteiger partial charge in [0.2, 0.25) is 0 Å². The highest BCUT2D eigenvalue weighted by atomic mass is 32.2. The summed E-state index contributed by atoms with van der Waals surface area (Å²) in [6.07, 6.45) is 0.767. The van der Waals surface area contributed by atoms with Gasteiger partial charge in [-0.1, -0.05) is 0 Å². The van der Waals surface area contributed by atoms with E-state index in [2.05, 4.69) is 9.71 Å². The number of rotatable bonds is 5. The Labute approximate surface area is 95.4 Å². The zero-order valence-electron chi connectivity index (χ0n) is 9.64. The lowest BCUT2D eigenvalue weighted by atomic mass is 10.4. The summed E-state index contributed by atoms with van der Waals surface area (Å²) in [5.41, 5.74) is 0. The Hall–Kier alpha value is -0.920. The van der Waals surface area contributed by atoms with Crippen molar-refractivity contribution in [2.75, 3.05) is 6.54 Å². The van der Waals surface area contributed by atoms with Gasteiger partial charge in [-0.3, -0.25) is 0 Å². The Bertz CT molecular complexity index is 451. The van der Waals surface area contributed by atoms with Gasteiger partial charge in [0, 0.05) is 19.3 Å². The van der Waals surface area contributed by atoms with Crippen LogP contribution in [-0.4, -0.2) is 35.7 Å². The lowest BCUT2D eigenvalue weighted by Gasteiger charge is -2.05. The Balaban J connectivity index is 2.90. The largest absolute Gasteiger partial charge is 0.392 e. The first-order valence-corrected chi connectivity index (χ1v) is 6.56. The van der Waals surface area contributed by atoms with Crippen molar-refractivity contribution in [3.63, 3.8) is 0 Å². The molecule has 16 heavy (non-hydrogen) atoms. The van der Waals surface area contributed by atoms with Crippen molar-refractivity contribution in [1.29, 1.82) is 0 Å². The number of hydrogen-bond donors (Lipinski definition) is 2. The highest BCUT2D eigenvalue weighted by molar-refractivity contribution is 7.89. The number of nitrogens with zero attached hydrogens (tertiary/aromatic N) is 2. The maximum absolute atomic E-state index is 11.7. The van der Waals surface area contributed by atoms with Crippen LogP contribution in [0.4, 0.5) is 0 Å². The van der Waals surface area contributed by atoms with Crippen LogP contribution >= 0.6 is 0 Å². The molecule has 1 aromatic rings. The molecule has 0 fully saturated rings. The van der Waals surface area contributed by atoms with Crippen LogP contribution < -0.4 is 4.72 Å². The van der Waals surface area contributed by atoms with Crippen LogP contribution in [0.15, 0.2) is 11.2 Å². The molecule has 1 heterocycles. The number of hydrogen-bond acceptors (Lipinski definition) is 4. The van der Waals surface area contributed by atoms with Gasteiger partial charge in [-0.25, -0.2) is 18.1 Å². The average molecular weight is 247 g/mol. The van der Waals surface area contributed by atoms with Gasteiger partial charge in [-0.05, 0) is 20.8 Å². The molecule has 0 aliphatic rings. The predicted molar refractivity (Wildman–Crippen MR) is 59.5 cm³/mol. The monoisotopic (exact) mass is 247 g/mol. The summed E-state index contributed by atoms with van der Waals surface area (Å²) < 4.78 is 27.5. The molecule has 92 valence electrons. The molecular formula is C9H17N3O3S. The van der Waals surface area contributed by atoms with E-state index in [4.69, 9.17) is 5.11 Å². The van der Waals surface area contributed by atoms with Crippen molar-refractivity contribution < 1.29 is 13.5 Å². The summed E-state index contributed by atoms with van der Waals surface area (Å²) in [5, 5.41) is 9.01.